The summed E-state index contributed by atoms with van der Waals surface area (Å²) in [5.41, 5.74) is 5.84. The van der Waals surface area contributed by atoms with Gasteiger partial charge in [-0.05, 0) is 69.2 Å². The Morgan fingerprint density at radius 2 is 1.57 bits per heavy atom. The Kier molecular flexibility index (Phi) is 5.59. The summed E-state index contributed by atoms with van der Waals surface area (Å²) in [5.74, 6) is 0.866. The number of ether oxygens (including phenoxy) is 1. The molecule has 3 aromatic rings. The summed E-state index contributed by atoms with van der Waals surface area (Å²) in [4.78, 5) is 21.6. The molecule has 0 saturated carbocycles. The molecule has 0 radical (unpaired) electrons. The van der Waals surface area contributed by atoms with Crippen molar-refractivity contribution in [2.24, 2.45) is 0 Å². The topological polar surface area (TPSA) is 76.1 Å². The molecule has 1 heterocycles. The highest BCUT2D eigenvalue weighted by molar-refractivity contribution is 6.04. The van der Waals surface area contributed by atoms with Crippen LogP contribution in [0.5, 0.6) is 5.75 Å². The molecule has 0 saturated heterocycles. The summed E-state index contributed by atoms with van der Waals surface area (Å²) >= 11 is 0. The molecule has 144 valence electrons. The third-order valence-electron chi connectivity index (χ3n) is 4.35. The van der Waals surface area contributed by atoms with Gasteiger partial charge < -0.3 is 15.4 Å². The van der Waals surface area contributed by atoms with Gasteiger partial charge in [0.2, 0.25) is 5.95 Å². The number of rotatable bonds is 5. The number of hydrogen-bond donors (Lipinski definition) is 2. The Bertz CT molecular complexity index is 991. The van der Waals surface area contributed by atoms with E-state index in [-0.39, 0.29) is 5.91 Å². The molecule has 1 aromatic heterocycles. The average molecular weight is 376 g/mol. The number of aryl methyl sites for hydroxylation is 4. The van der Waals surface area contributed by atoms with Crippen LogP contribution in [0.1, 0.15) is 32.9 Å². The second-order valence-electron chi connectivity index (χ2n) is 6.80. The van der Waals surface area contributed by atoms with E-state index in [9.17, 15) is 4.79 Å². The van der Waals surface area contributed by atoms with Crippen molar-refractivity contribution in [1.82, 2.24) is 9.97 Å². The van der Waals surface area contributed by atoms with Crippen molar-refractivity contribution < 1.29 is 9.53 Å². The monoisotopic (exact) mass is 376 g/mol. The summed E-state index contributed by atoms with van der Waals surface area (Å²) < 4.78 is 5.16. The normalized spacial score (nSPS) is 10.5. The van der Waals surface area contributed by atoms with E-state index >= 15 is 0 Å². The Balaban J connectivity index is 1.83. The lowest BCUT2D eigenvalue weighted by Crippen LogP contribution is -2.17. The molecule has 1 amide bonds. The molecule has 0 atom stereocenters. The molecule has 6 heteroatoms. The largest absolute Gasteiger partial charge is 0.497 e. The summed E-state index contributed by atoms with van der Waals surface area (Å²) in [5, 5.41) is 6.11. The standard InChI is InChI=1S/C22H24N4O2/c1-13-10-14(2)20(15(3)11-13)26-21(27)19-12-16(4)23-22(25-19)24-17-6-8-18(28-5)9-7-17/h6-12H,1-5H3,(H,26,27)(H,23,24,25). The van der Waals surface area contributed by atoms with Crippen molar-refractivity contribution >= 4 is 23.2 Å². The molecule has 2 aromatic carbocycles. The maximum Gasteiger partial charge on any atom is 0.274 e. The fourth-order valence-electron chi connectivity index (χ4n) is 3.10. The summed E-state index contributed by atoms with van der Waals surface area (Å²) in [6, 6.07) is 13.2. The molecular weight excluding hydrogens is 352 g/mol. The van der Waals surface area contributed by atoms with E-state index in [0.717, 1.165) is 33.8 Å². The van der Waals surface area contributed by atoms with Crippen LogP contribution in [0.15, 0.2) is 42.5 Å². The minimum atomic E-state index is -0.265. The van der Waals surface area contributed by atoms with Gasteiger partial charge in [0, 0.05) is 17.1 Å². The van der Waals surface area contributed by atoms with Gasteiger partial charge in [0.25, 0.3) is 5.91 Å². The number of hydrogen-bond acceptors (Lipinski definition) is 5. The number of aromatic nitrogens is 2. The molecule has 0 spiro atoms. The second kappa shape index (κ2) is 8.08. The van der Waals surface area contributed by atoms with Crippen LogP contribution in [0.4, 0.5) is 17.3 Å². The van der Waals surface area contributed by atoms with Crippen LogP contribution in [0, 0.1) is 27.7 Å². The van der Waals surface area contributed by atoms with Gasteiger partial charge in [0.05, 0.1) is 7.11 Å². The molecule has 0 aliphatic heterocycles. The average Bonchev–Trinajstić information content (AvgIpc) is 2.64. The first-order valence-electron chi connectivity index (χ1n) is 9.01. The third kappa shape index (κ3) is 4.46. The fourth-order valence-corrected chi connectivity index (χ4v) is 3.10. The molecule has 2 N–H and O–H groups in total. The summed E-state index contributed by atoms with van der Waals surface area (Å²) in [6.07, 6.45) is 0. The van der Waals surface area contributed by atoms with Crippen molar-refractivity contribution in [1.29, 1.82) is 0 Å². The maximum atomic E-state index is 12.8. The zero-order chi connectivity index (χ0) is 20.3. The molecule has 0 bridgehead atoms. The molecule has 0 aliphatic rings. The molecule has 6 nitrogen and oxygen atoms in total. The van der Waals surface area contributed by atoms with E-state index < -0.39 is 0 Å². The highest BCUT2D eigenvalue weighted by Gasteiger charge is 2.14. The maximum absolute atomic E-state index is 12.8. The highest BCUT2D eigenvalue weighted by Crippen LogP contribution is 2.23. The first-order valence-corrected chi connectivity index (χ1v) is 9.01. The van der Waals surface area contributed by atoms with Gasteiger partial charge in [-0.3, -0.25) is 4.79 Å². The summed E-state index contributed by atoms with van der Waals surface area (Å²) in [7, 11) is 1.62. The molecule has 0 aliphatic carbocycles. The van der Waals surface area contributed by atoms with Gasteiger partial charge in [-0.25, -0.2) is 9.97 Å². The number of carbonyl (C=O) groups is 1. The van der Waals surface area contributed by atoms with Gasteiger partial charge >= 0.3 is 0 Å². The van der Waals surface area contributed by atoms with E-state index in [2.05, 4.69) is 20.6 Å². The Morgan fingerprint density at radius 1 is 0.929 bits per heavy atom. The van der Waals surface area contributed by atoms with E-state index in [1.165, 1.54) is 0 Å². The van der Waals surface area contributed by atoms with Gasteiger partial charge in [-0.15, -0.1) is 0 Å². The Hall–Kier alpha value is -3.41. The number of nitrogens with zero attached hydrogens (tertiary/aromatic N) is 2. The minimum Gasteiger partial charge on any atom is -0.497 e. The lowest BCUT2D eigenvalue weighted by molar-refractivity contribution is 0.102. The fraction of sp³-hybridized carbons (Fsp3) is 0.227. The van der Waals surface area contributed by atoms with Crippen LogP contribution in [0.2, 0.25) is 0 Å². The molecule has 3 rings (SSSR count). The van der Waals surface area contributed by atoms with E-state index in [1.807, 2.05) is 64.1 Å². The smallest absolute Gasteiger partial charge is 0.274 e. The molecule has 0 fully saturated rings. The zero-order valence-corrected chi connectivity index (χ0v) is 16.8. The number of carbonyl (C=O) groups excluding carboxylic acids is 1. The van der Waals surface area contributed by atoms with Gasteiger partial charge in [-0.1, -0.05) is 17.7 Å². The quantitative estimate of drug-likeness (QED) is 0.674. The van der Waals surface area contributed by atoms with Crippen molar-refractivity contribution in [3.05, 3.63) is 70.5 Å². The molecule has 28 heavy (non-hydrogen) atoms. The lowest BCUT2D eigenvalue weighted by atomic mass is 10.0. The van der Waals surface area contributed by atoms with Crippen molar-refractivity contribution in [2.75, 3.05) is 17.7 Å². The van der Waals surface area contributed by atoms with Crippen LogP contribution >= 0.6 is 0 Å². The van der Waals surface area contributed by atoms with Crippen LogP contribution in [-0.4, -0.2) is 23.0 Å². The third-order valence-corrected chi connectivity index (χ3v) is 4.35. The Labute approximate surface area is 165 Å². The van der Waals surface area contributed by atoms with Gasteiger partial charge in [-0.2, -0.15) is 0 Å². The molecule has 0 unspecified atom stereocenters. The number of benzene rings is 2. The number of anilines is 3. The first kappa shape index (κ1) is 19.4. The van der Waals surface area contributed by atoms with Crippen LogP contribution in [-0.2, 0) is 0 Å². The van der Waals surface area contributed by atoms with Crippen LogP contribution in [0.3, 0.4) is 0 Å². The zero-order valence-electron chi connectivity index (χ0n) is 16.8. The van der Waals surface area contributed by atoms with Crippen molar-refractivity contribution in [2.45, 2.75) is 27.7 Å². The van der Waals surface area contributed by atoms with E-state index in [0.29, 0.717) is 17.3 Å². The minimum absolute atomic E-state index is 0.265. The van der Waals surface area contributed by atoms with E-state index in [1.54, 1.807) is 13.2 Å². The first-order chi connectivity index (χ1) is 13.4. The highest BCUT2D eigenvalue weighted by atomic mass is 16.5. The Morgan fingerprint density at radius 3 is 2.18 bits per heavy atom. The predicted octanol–water partition coefficient (Wildman–Crippen LogP) is 4.71. The lowest BCUT2D eigenvalue weighted by Gasteiger charge is -2.13. The van der Waals surface area contributed by atoms with Crippen molar-refractivity contribution in [3.8, 4) is 5.75 Å². The van der Waals surface area contributed by atoms with Crippen LogP contribution in [0.25, 0.3) is 0 Å². The SMILES string of the molecule is COc1ccc(Nc2nc(C)cc(C(=O)Nc3c(C)cc(C)cc3C)n2)cc1. The second-order valence-corrected chi connectivity index (χ2v) is 6.80. The number of amides is 1. The van der Waals surface area contributed by atoms with Gasteiger partial charge in [0.1, 0.15) is 11.4 Å². The van der Waals surface area contributed by atoms with E-state index in [4.69, 9.17) is 4.74 Å². The van der Waals surface area contributed by atoms with Crippen LogP contribution < -0.4 is 15.4 Å². The molecular formula is C22H24N4O2. The predicted molar refractivity (Wildman–Crippen MR) is 112 cm³/mol. The van der Waals surface area contributed by atoms with Crippen molar-refractivity contribution in [3.63, 3.8) is 0 Å². The number of methoxy groups -OCH3 is 1. The van der Waals surface area contributed by atoms with Gasteiger partial charge in [0.15, 0.2) is 0 Å². The summed E-state index contributed by atoms with van der Waals surface area (Å²) in [6.45, 7) is 7.84. The number of nitrogens with one attached hydrogen (secondary N) is 2.